The molecule has 0 unspecified atom stereocenters. The summed E-state index contributed by atoms with van der Waals surface area (Å²) in [5, 5.41) is 1.05. The Labute approximate surface area is 209 Å². The minimum absolute atomic E-state index is 0.355. The van der Waals surface area contributed by atoms with E-state index < -0.39 is 0 Å². The Morgan fingerprint density at radius 3 is 2.56 bits per heavy atom. The van der Waals surface area contributed by atoms with Crippen molar-refractivity contribution < 1.29 is 14.3 Å². The summed E-state index contributed by atoms with van der Waals surface area (Å²) < 4.78 is 10.8. The number of hydrogen-bond donors (Lipinski definition) is 0. The summed E-state index contributed by atoms with van der Waals surface area (Å²) in [5.41, 5.74) is 5.41. The maximum Gasteiger partial charge on any atom is 0.337 e. The van der Waals surface area contributed by atoms with Gasteiger partial charge in [0.1, 0.15) is 12.4 Å². The van der Waals surface area contributed by atoms with Crippen molar-refractivity contribution in [2.24, 2.45) is 4.99 Å². The van der Waals surface area contributed by atoms with Gasteiger partial charge in [-0.3, -0.25) is 4.99 Å². The molecular weight excluding hydrogens is 471 g/mol. The van der Waals surface area contributed by atoms with Gasteiger partial charge < -0.3 is 14.4 Å². The molecule has 0 spiro atoms. The first-order chi connectivity index (χ1) is 16.4. The number of hydrogen-bond acceptors (Lipinski definition) is 5. The molecule has 7 heteroatoms. The topological polar surface area (TPSA) is 51.1 Å². The molecule has 0 saturated heterocycles. The number of halogens is 2. The van der Waals surface area contributed by atoms with Crippen LogP contribution in [0.5, 0.6) is 5.75 Å². The van der Waals surface area contributed by atoms with Crippen LogP contribution in [0, 0.1) is 0 Å². The lowest BCUT2D eigenvalue weighted by atomic mass is 10.0. The number of esters is 1. The highest BCUT2D eigenvalue weighted by Gasteiger charge is 2.16. The third-order valence-electron chi connectivity index (χ3n) is 5.53. The van der Waals surface area contributed by atoms with E-state index in [0.29, 0.717) is 28.8 Å². The number of allylic oxidation sites excluding steroid dienone is 1. The zero-order chi connectivity index (χ0) is 24.1. The highest BCUT2D eigenvalue weighted by Crippen LogP contribution is 2.29. The minimum Gasteiger partial charge on any atom is -0.489 e. The number of benzodiazepines with no additional fused rings is 1. The number of rotatable bonds is 6. The summed E-state index contributed by atoms with van der Waals surface area (Å²) in [6.07, 6.45) is 3.99. The van der Waals surface area contributed by atoms with Crippen molar-refractivity contribution >= 4 is 46.6 Å². The van der Waals surface area contributed by atoms with E-state index in [1.54, 1.807) is 18.2 Å². The molecule has 1 heterocycles. The molecule has 0 saturated carbocycles. The summed E-state index contributed by atoms with van der Waals surface area (Å²) in [5.74, 6) is 0.407. The van der Waals surface area contributed by atoms with Gasteiger partial charge in [0, 0.05) is 30.9 Å². The van der Waals surface area contributed by atoms with Crippen LogP contribution in [-0.2, 0) is 11.3 Å². The Kier molecular flexibility index (Phi) is 7.56. The zero-order valence-electron chi connectivity index (χ0n) is 18.9. The van der Waals surface area contributed by atoms with E-state index in [9.17, 15) is 4.79 Å². The number of fused-ring (bicyclic) bond motifs is 1. The van der Waals surface area contributed by atoms with E-state index in [1.165, 1.54) is 7.11 Å². The molecule has 0 amide bonds. The SMILES string of the molecule is COC(=O)c1ccc(COc2ccc3c(c2)N(C)CCN=C3/C=C/c2ccc(Cl)c(Cl)c2)cc1. The van der Waals surface area contributed by atoms with Crippen molar-refractivity contribution in [2.45, 2.75) is 6.61 Å². The number of nitrogens with zero attached hydrogens (tertiary/aromatic N) is 2. The number of methoxy groups -OCH3 is 1. The molecule has 0 radical (unpaired) electrons. The molecule has 174 valence electrons. The Balaban J connectivity index is 1.51. The monoisotopic (exact) mass is 494 g/mol. The molecule has 1 aliphatic rings. The summed E-state index contributed by atoms with van der Waals surface area (Å²) in [7, 11) is 3.42. The molecule has 5 nitrogen and oxygen atoms in total. The van der Waals surface area contributed by atoms with Gasteiger partial charge in [-0.1, -0.05) is 47.5 Å². The molecule has 0 fully saturated rings. The van der Waals surface area contributed by atoms with Gasteiger partial charge in [0.15, 0.2) is 0 Å². The Bertz CT molecular complexity index is 1250. The fourth-order valence-electron chi connectivity index (χ4n) is 3.61. The molecule has 0 aromatic heterocycles. The van der Waals surface area contributed by atoms with Gasteiger partial charge in [0.2, 0.25) is 0 Å². The first-order valence-electron chi connectivity index (χ1n) is 10.8. The second-order valence-electron chi connectivity index (χ2n) is 7.85. The van der Waals surface area contributed by atoms with Crippen molar-refractivity contribution in [3.05, 3.63) is 99.0 Å². The van der Waals surface area contributed by atoms with Crippen LogP contribution in [0.3, 0.4) is 0 Å². The van der Waals surface area contributed by atoms with Crippen LogP contribution in [0.2, 0.25) is 10.0 Å². The van der Waals surface area contributed by atoms with E-state index in [4.69, 9.17) is 37.7 Å². The molecule has 4 rings (SSSR count). The predicted octanol–water partition coefficient (Wildman–Crippen LogP) is 6.31. The van der Waals surface area contributed by atoms with Crippen molar-refractivity contribution in [3.63, 3.8) is 0 Å². The van der Waals surface area contributed by atoms with E-state index >= 15 is 0 Å². The van der Waals surface area contributed by atoms with Crippen LogP contribution < -0.4 is 9.64 Å². The molecule has 0 atom stereocenters. The summed E-state index contributed by atoms with van der Waals surface area (Å²) in [4.78, 5) is 18.5. The van der Waals surface area contributed by atoms with Crippen LogP contribution in [0.4, 0.5) is 5.69 Å². The number of benzene rings is 3. The second-order valence-corrected chi connectivity index (χ2v) is 8.67. The lowest BCUT2D eigenvalue weighted by Crippen LogP contribution is -2.20. The Morgan fingerprint density at radius 1 is 1.03 bits per heavy atom. The number of carbonyl (C=O) groups is 1. The molecular formula is C27H24Cl2N2O3. The number of ether oxygens (including phenoxy) is 2. The standard InChI is InChI=1S/C27H24Cl2N2O3/c1-31-14-13-30-25(12-6-18-5-11-23(28)24(29)15-18)22-10-9-21(16-26(22)31)34-17-19-3-7-20(8-4-19)27(32)33-2/h3-12,15-16H,13-14,17H2,1-2H3/b12-6+. The van der Waals surface area contributed by atoms with Crippen LogP contribution >= 0.6 is 23.2 Å². The lowest BCUT2D eigenvalue weighted by molar-refractivity contribution is 0.0600. The summed E-state index contributed by atoms with van der Waals surface area (Å²) in [6, 6.07) is 18.7. The largest absolute Gasteiger partial charge is 0.489 e. The van der Waals surface area contributed by atoms with Crippen LogP contribution in [-0.4, -0.2) is 38.9 Å². The quantitative estimate of drug-likeness (QED) is 0.376. The first kappa shape index (κ1) is 23.9. The maximum atomic E-state index is 11.6. The minimum atomic E-state index is -0.355. The third-order valence-corrected chi connectivity index (χ3v) is 6.27. The Morgan fingerprint density at radius 2 is 1.82 bits per heavy atom. The number of aliphatic imine (C=N–C) groups is 1. The zero-order valence-corrected chi connectivity index (χ0v) is 20.4. The van der Waals surface area contributed by atoms with Crippen LogP contribution in [0.1, 0.15) is 27.0 Å². The molecule has 0 N–H and O–H groups in total. The van der Waals surface area contributed by atoms with Gasteiger partial charge in [-0.2, -0.15) is 0 Å². The molecule has 34 heavy (non-hydrogen) atoms. The first-order valence-corrected chi connectivity index (χ1v) is 11.5. The van der Waals surface area contributed by atoms with E-state index in [1.807, 2.05) is 54.6 Å². The van der Waals surface area contributed by atoms with E-state index in [-0.39, 0.29) is 5.97 Å². The van der Waals surface area contributed by atoms with E-state index in [2.05, 4.69) is 11.9 Å². The van der Waals surface area contributed by atoms with E-state index in [0.717, 1.165) is 40.4 Å². The number of anilines is 1. The number of likely N-dealkylation sites (N-methyl/N-ethyl adjacent to an activating group) is 1. The molecule has 3 aromatic carbocycles. The molecule has 3 aromatic rings. The molecule has 0 aliphatic carbocycles. The summed E-state index contributed by atoms with van der Waals surface area (Å²) >= 11 is 12.2. The van der Waals surface area contributed by atoms with Gasteiger partial charge in [0.05, 0.1) is 35.0 Å². The van der Waals surface area contributed by atoms with Gasteiger partial charge in [-0.25, -0.2) is 4.79 Å². The van der Waals surface area contributed by atoms with Crippen LogP contribution in [0.15, 0.2) is 71.7 Å². The van der Waals surface area contributed by atoms with Crippen LogP contribution in [0.25, 0.3) is 6.08 Å². The van der Waals surface area contributed by atoms with Crippen molar-refractivity contribution in [2.75, 3.05) is 32.1 Å². The average molecular weight is 495 g/mol. The predicted molar refractivity (Wildman–Crippen MR) is 139 cm³/mol. The smallest absolute Gasteiger partial charge is 0.337 e. The Hall–Kier alpha value is -3.28. The van der Waals surface area contributed by atoms with Gasteiger partial charge >= 0.3 is 5.97 Å². The molecule has 0 bridgehead atoms. The number of carbonyl (C=O) groups excluding carboxylic acids is 1. The van der Waals surface area contributed by atoms with Gasteiger partial charge in [0.25, 0.3) is 0 Å². The fraction of sp³-hybridized carbons (Fsp3) is 0.185. The second kappa shape index (κ2) is 10.8. The molecule has 1 aliphatic heterocycles. The highest BCUT2D eigenvalue weighted by molar-refractivity contribution is 6.42. The summed E-state index contributed by atoms with van der Waals surface area (Å²) in [6.45, 7) is 1.88. The average Bonchev–Trinajstić information content (AvgIpc) is 3.01. The normalized spacial score (nSPS) is 13.3. The van der Waals surface area contributed by atoms with Gasteiger partial charge in [-0.15, -0.1) is 0 Å². The van der Waals surface area contributed by atoms with Crippen molar-refractivity contribution in [3.8, 4) is 5.75 Å². The highest BCUT2D eigenvalue weighted by atomic mass is 35.5. The lowest BCUT2D eigenvalue weighted by Gasteiger charge is -2.20. The fourth-order valence-corrected chi connectivity index (χ4v) is 3.92. The van der Waals surface area contributed by atoms with Crippen molar-refractivity contribution in [1.82, 2.24) is 0 Å². The van der Waals surface area contributed by atoms with Gasteiger partial charge in [-0.05, 0) is 53.6 Å². The van der Waals surface area contributed by atoms with Crippen molar-refractivity contribution in [1.29, 1.82) is 0 Å². The third kappa shape index (κ3) is 5.61. The maximum absolute atomic E-state index is 11.6.